The van der Waals surface area contributed by atoms with Crippen LogP contribution >= 0.6 is 11.6 Å². The number of para-hydroxylation sites is 1. The second kappa shape index (κ2) is 10.7. The number of carbonyl (C=O) groups excluding carboxylic acids is 3. The smallest absolute Gasteiger partial charge is 0.272 e. The van der Waals surface area contributed by atoms with Gasteiger partial charge in [-0.05, 0) is 36.4 Å². The predicted octanol–water partition coefficient (Wildman–Crippen LogP) is 3.50. The SMILES string of the molecule is CNc1cccc(-c2ccc(Cl)c(C(=O)Nc3cc(C(=O)N[C@@H]4CNC(=O)C4)nn3-c3ccccc3)c2)n1. The molecule has 11 heteroatoms. The molecule has 4 N–H and O–H groups in total. The van der Waals surface area contributed by atoms with E-state index in [9.17, 15) is 14.4 Å². The van der Waals surface area contributed by atoms with Gasteiger partial charge in [-0.25, -0.2) is 9.67 Å². The van der Waals surface area contributed by atoms with E-state index >= 15 is 0 Å². The zero-order valence-electron chi connectivity index (χ0n) is 20.4. The van der Waals surface area contributed by atoms with Crippen molar-refractivity contribution in [2.75, 3.05) is 24.2 Å². The monoisotopic (exact) mass is 529 g/mol. The number of amides is 3. The molecule has 5 rings (SSSR count). The summed E-state index contributed by atoms with van der Waals surface area (Å²) in [5, 5.41) is 16.0. The Morgan fingerprint density at radius 1 is 1.03 bits per heavy atom. The third kappa shape index (κ3) is 5.35. The number of anilines is 2. The van der Waals surface area contributed by atoms with E-state index in [1.165, 1.54) is 10.7 Å². The molecule has 38 heavy (non-hydrogen) atoms. The number of pyridine rings is 1. The van der Waals surface area contributed by atoms with Crippen LogP contribution in [0.1, 0.15) is 27.3 Å². The van der Waals surface area contributed by atoms with Gasteiger partial charge in [0.05, 0.1) is 28.0 Å². The van der Waals surface area contributed by atoms with Gasteiger partial charge in [-0.1, -0.05) is 41.9 Å². The van der Waals surface area contributed by atoms with Crippen LogP contribution < -0.4 is 21.3 Å². The Morgan fingerprint density at radius 3 is 2.58 bits per heavy atom. The minimum Gasteiger partial charge on any atom is -0.373 e. The number of nitrogens with zero attached hydrogens (tertiary/aromatic N) is 3. The van der Waals surface area contributed by atoms with Crippen LogP contribution in [0.2, 0.25) is 5.02 Å². The van der Waals surface area contributed by atoms with Crippen LogP contribution in [0.5, 0.6) is 0 Å². The first-order chi connectivity index (χ1) is 18.4. The van der Waals surface area contributed by atoms with Crippen LogP contribution in [-0.2, 0) is 4.79 Å². The van der Waals surface area contributed by atoms with E-state index in [0.29, 0.717) is 29.3 Å². The van der Waals surface area contributed by atoms with Gasteiger partial charge in [0.15, 0.2) is 5.69 Å². The Morgan fingerprint density at radius 2 is 1.84 bits per heavy atom. The average Bonchev–Trinajstić information content (AvgIpc) is 3.55. The summed E-state index contributed by atoms with van der Waals surface area (Å²) in [6, 6.07) is 20.9. The number of hydrogen-bond donors (Lipinski definition) is 4. The maximum atomic E-state index is 13.4. The van der Waals surface area contributed by atoms with Crippen molar-refractivity contribution in [1.82, 2.24) is 25.4 Å². The van der Waals surface area contributed by atoms with Crippen molar-refractivity contribution in [2.24, 2.45) is 0 Å². The van der Waals surface area contributed by atoms with Crippen LogP contribution in [-0.4, -0.2) is 52.1 Å². The van der Waals surface area contributed by atoms with Crippen LogP contribution in [0.3, 0.4) is 0 Å². The first-order valence-corrected chi connectivity index (χ1v) is 12.3. The number of aromatic nitrogens is 3. The van der Waals surface area contributed by atoms with Crippen molar-refractivity contribution in [3.8, 4) is 16.9 Å². The molecular formula is C27H24ClN7O3. The molecule has 0 unspecified atom stereocenters. The summed E-state index contributed by atoms with van der Waals surface area (Å²) in [7, 11) is 1.78. The second-order valence-electron chi connectivity index (χ2n) is 8.65. The Balaban J connectivity index is 1.44. The molecule has 1 fully saturated rings. The lowest BCUT2D eigenvalue weighted by molar-refractivity contribution is -0.119. The molecule has 0 aliphatic carbocycles. The summed E-state index contributed by atoms with van der Waals surface area (Å²) in [5.41, 5.74) is 2.37. The van der Waals surface area contributed by atoms with E-state index in [1.54, 1.807) is 37.4 Å². The molecular weight excluding hydrogens is 506 g/mol. The lowest BCUT2D eigenvalue weighted by Gasteiger charge is -2.11. The van der Waals surface area contributed by atoms with Gasteiger partial charge >= 0.3 is 0 Å². The molecule has 1 aliphatic rings. The zero-order valence-corrected chi connectivity index (χ0v) is 21.1. The standard InChI is InChI=1S/C27H24ClN7O3/c1-29-23-9-5-8-21(32-23)16-10-11-20(28)19(12-16)26(37)33-24-14-22(27(38)31-17-13-25(36)30-15-17)34-35(24)18-6-3-2-4-7-18/h2-12,14,17H,13,15H2,1H3,(H,29,32)(H,30,36)(H,31,38)(H,33,37)/t17-/m0/s1. The van der Waals surface area contributed by atoms with Crippen molar-refractivity contribution in [2.45, 2.75) is 12.5 Å². The minimum absolute atomic E-state index is 0.0939. The van der Waals surface area contributed by atoms with E-state index in [1.807, 2.05) is 36.4 Å². The number of nitrogens with one attached hydrogen (secondary N) is 4. The topological polar surface area (TPSA) is 130 Å². The van der Waals surface area contributed by atoms with Gasteiger partial charge in [0.25, 0.3) is 11.8 Å². The lowest BCUT2D eigenvalue weighted by Crippen LogP contribution is -2.36. The molecule has 0 spiro atoms. The van der Waals surface area contributed by atoms with Gasteiger partial charge in [0.2, 0.25) is 5.91 Å². The average molecular weight is 530 g/mol. The molecule has 3 heterocycles. The molecule has 10 nitrogen and oxygen atoms in total. The Kier molecular flexibility index (Phi) is 7.05. The maximum absolute atomic E-state index is 13.4. The molecule has 1 aliphatic heterocycles. The third-order valence-electron chi connectivity index (χ3n) is 6.01. The van der Waals surface area contributed by atoms with Gasteiger partial charge < -0.3 is 21.3 Å². The van der Waals surface area contributed by atoms with Crippen molar-refractivity contribution in [3.63, 3.8) is 0 Å². The third-order valence-corrected chi connectivity index (χ3v) is 6.34. The summed E-state index contributed by atoms with van der Waals surface area (Å²) >= 11 is 6.41. The number of halogens is 1. The van der Waals surface area contributed by atoms with Crippen LogP contribution in [0.15, 0.2) is 72.8 Å². The van der Waals surface area contributed by atoms with Crippen LogP contribution in [0.4, 0.5) is 11.6 Å². The van der Waals surface area contributed by atoms with Gasteiger partial charge in [-0.3, -0.25) is 14.4 Å². The van der Waals surface area contributed by atoms with Crippen LogP contribution in [0, 0.1) is 0 Å². The highest BCUT2D eigenvalue weighted by atomic mass is 35.5. The zero-order chi connectivity index (χ0) is 26.6. The van der Waals surface area contributed by atoms with Crippen molar-refractivity contribution < 1.29 is 14.4 Å². The molecule has 0 bridgehead atoms. The van der Waals surface area contributed by atoms with Crippen molar-refractivity contribution in [3.05, 3.63) is 89.1 Å². The summed E-state index contributed by atoms with van der Waals surface area (Å²) in [5.74, 6) is -0.0731. The molecule has 3 amide bonds. The summed E-state index contributed by atoms with van der Waals surface area (Å²) < 4.78 is 1.47. The molecule has 4 aromatic rings. The Labute approximate surface area is 223 Å². The number of hydrogen-bond acceptors (Lipinski definition) is 6. The molecule has 2 aromatic heterocycles. The Bertz CT molecular complexity index is 1520. The quantitative estimate of drug-likeness (QED) is 0.290. The molecule has 192 valence electrons. The fraction of sp³-hybridized carbons (Fsp3) is 0.148. The Hall–Kier alpha value is -4.70. The van der Waals surface area contributed by atoms with Crippen molar-refractivity contribution in [1.29, 1.82) is 0 Å². The lowest BCUT2D eigenvalue weighted by atomic mass is 10.1. The first kappa shape index (κ1) is 25.0. The highest BCUT2D eigenvalue weighted by molar-refractivity contribution is 6.34. The van der Waals surface area contributed by atoms with Gasteiger partial charge in [0, 0.05) is 31.6 Å². The summed E-state index contributed by atoms with van der Waals surface area (Å²) in [6.07, 6.45) is 0.204. The molecule has 2 aromatic carbocycles. The molecule has 1 atom stereocenters. The van der Waals surface area contributed by atoms with Crippen molar-refractivity contribution >= 4 is 41.0 Å². The minimum atomic E-state index is -0.476. The normalized spacial score (nSPS) is 14.6. The van der Waals surface area contributed by atoms with E-state index < -0.39 is 11.8 Å². The summed E-state index contributed by atoms with van der Waals surface area (Å²) in [4.78, 5) is 42.3. The summed E-state index contributed by atoms with van der Waals surface area (Å²) in [6.45, 7) is 0.356. The number of benzene rings is 2. The molecule has 0 radical (unpaired) electrons. The fourth-order valence-electron chi connectivity index (χ4n) is 4.09. The highest BCUT2D eigenvalue weighted by Gasteiger charge is 2.25. The first-order valence-electron chi connectivity index (χ1n) is 11.9. The van der Waals surface area contributed by atoms with E-state index in [-0.39, 0.29) is 40.5 Å². The number of rotatable bonds is 7. The van der Waals surface area contributed by atoms with E-state index in [4.69, 9.17) is 11.6 Å². The highest BCUT2D eigenvalue weighted by Crippen LogP contribution is 2.26. The fourth-order valence-corrected chi connectivity index (χ4v) is 4.29. The maximum Gasteiger partial charge on any atom is 0.272 e. The van der Waals surface area contributed by atoms with Gasteiger partial charge in [-0.2, -0.15) is 5.10 Å². The molecule has 1 saturated heterocycles. The molecule has 0 saturated carbocycles. The van der Waals surface area contributed by atoms with Gasteiger partial charge in [-0.15, -0.1) is 0 Å². The largest absolute Gasteiger partial charge is 0.373 e. The van der Waals surface area contributed by atoms with Crippen LogP contribution in [0.25, 0.3) is 16.9 Å². The van der Waals surface area contributed by atoms with E-state index in [2.05, 4.69) is 31.3 Å². The number of carbonyl (C=O) groups is 3. The second-order valence-corrected chi connectivity index (χ2v) is 9.05. The van der Waals surface area contributed by atoms with E-state index in [0.717, 1.165) is 0 Å². The predicted molar refractivity (Wildman–Crippen MR) is 145 cm³/mol. The van der Waals surface area contributed by atoms with Gasteiger partial charge in [0.1, 0.15) is 11.6 Å².